The van der Waals surface area contributed by atoms with Gasteiger partial charge in [0.05, 0.1) is 29.8 Å². The van der Waals surface area contributed by atoms with E-state index < -0.39 is 40.5 Å². The lowest BCUT2D eigenvalue weighted by atomic mass is 10.1. The van der Waals surface area contributed by atoms with Gasteiger partial charge < -0.3 is 14.2 Å². The van der Waals surface area contributed by atoms with Gasteiger partial charge in [-0.1, -0.05) is 66.7 Å². The number of fused-ring (bicyclic) bond motifs is 3. The molecule has 0 aromatic heterocycles. The SMILES string of the molecule is O=C(Nc1cccc2ccccc12)OC1COC2C(NS(=O)(=O)c3ccc4ccccc4c3)COC12. The van der Waals surface area contributed by atoms with E-state index in [9.17, 15) is 13.2 Å². The van der Waals surface area contributed by atoms with Crippen molar-refractivity contribution in [1.29, 1.82) is 0 Å². The van der Waals surface area contributed by atoms with Gasteiger partial charge >= 0.3 is 6.09 Å². The van der Waals surface area contributed by atoms with Crippen molar-refractivity contribution in [3.63, 3.8) is 0 Å². The van der Waals surface area contributed by atoms with E-state index in [-0.39, 0.29) is 18.1 Å². The summed E-state index contributed by atoms with van der Waals surface area (Å²) in [4.78, 5) is 12.8. The van der Waals surface area contributed by atoms with Crippen molar-refractivity contribution in [2.45, 2.75) is 29.2 Å². The van der Waals surface area contributed by atoms with Gasteiger partial charge in [0.15, 0.2) is 6.10 Å². The summed E-state index contributed by atoms with van der Waals surface area (Å²) in [5, 5.41) is 6.49. The van der Waals surface area contributed by atoms with Crippen molar-refractivity contribution < 1.29 is 27.4 Å². The van der Waals surface area contributed by atoms with Gasteiger partial charge in [0.25, 0.3) is 0 Å². The van der Waals surface area contributed by atoms with Crippen LogP contribution in [-0.2, 0) is 24.2 Å². The normalized spacial score (nSPS) is 23.6. The summed E-state index contributed by atoms with van der Waals surface area (Å²) in [5.41, 5.74) is 0.641. The summed E-state index contributed by atoms with van der Waals surface area (Å²) in [6, 6.07) is 25.3. The predicted molar refractivity (Wildman–Crippen MR) is 135 cm³/mol. The molecule has 4 aromatic carbocycles. The molecular weight excluding hydrogens is 480 g/mol. The van der Waals surface area contributed by atoms with Gasteiger partial charge in [-0.15, -0.1) is 0 Å². The molecule has 0 bridgehead atoms. The Hall–Kier alpha value is -3.50. The number of hydrogen-bond acceptors (Lipinski definition) is 6. The van der Waals surface area contributed by atoms with Crippen molar-refractivity contribution in [2.24, 2.45) is 0 Å². The zero-order valence-electron chi connectivity index (χ0n) is 19.2. The van der Waals surface area contributed by atoms with Gasteiger partial charge in [0.1, 0.15) is 12.2 Å². The summed E-state index contributed by atoms with van der Waals surface area (Å²) in [5.74, 6) is 0. The van der Waals surface area contributed by atoms with Crippen LogP contribution in [0.2, 0.25) is 0 Å². The fourth-order valence-electron chi connectivity index (χ4n) is 4.88. The highest BCUT2D eigenvalue weighted by molar-refractivity contribution is 7.89. The number of ether oxygens (including phenoxy) is 3. The van der Waals surface area contributed by atoms with Crippen LogP contribution < -0.4 is 10.0 Å². The molecule has 9 heteroatoms. The molecule has 2 aliphatic heterocycles. The predicted octanol–water partition coefficient (Wildman–Crippen LogP) is 4.05. The molecule has 0 saturated carbocycles. The number of carbonyl (C=O) groups is 1. The summed E-state index contributed by atoms with van der Waals surface area (Å²) < 4.78 is 46.1. The number of amides is 1. The zero-order chi connectivity index (χ0) is 24.7. The van der Waals surface area contributed by atoms with E-state index in [1.54, 1.807) is 24.3 Å². The molecule has 4 aromatic rings. The molecule has 1 amide bonds. The average molecular weight is 505 g/mol. The Bertz CT molecular complexity index is 1550. The molecule has 2 saturated heterocycles. The molecular formula is C27H24N2O6S. The van der Waals surface area contributed by atoms with Crippen LogP contribution in [0, 0.1) is 0 Å². The van der Waals surface area contributed by atoms with Gasteiger partial charge in [-0.2, -0.15) is 0 Å². The molecule has 4 atom stereocenters. The number of anilines is 1. The maximum Gasteiger partial charge on any atom is 0.412 e. The molecule has 8 nitrogen and oxygen atoms in total. The number of hydrogen-bond donors (Lipinski definition) is 2. The van der Waals surface area contributed by atoms with Gasteiger partial charge in [-0.25, -0.2) is 17.9 Å². The topological polar surface area (TPSA) is 103 Å². The first-order chi connectivity index (χ1) is 17.5. The number of benzene rings is 4. The largest absolute Gasteiger partial charge is 0.441 e. The Balaban J connectivity index is 1.11. The quantitative estimate of drug-likeness (QED) is 0.425. The third-order valence-electron chi connectivity index (χ3n) is 6.63. The van der Waals surface area contributed by atoms with Crippen LogP contribution in [0.1, 0.15) is 0 Å². The maximum absolute atomic E-state index is 13.1. The monoisotopic (exact) mass is 504 g/mol. The number of nitrogens with one attached hydrogen (secondary N) is 2. The van der Waals surface area contributed by atoms with E-state index in [2.05, 4.69) is 10.0 Å². The lowest BCUT2D eigenvalue weighted by Crippen LogP contribution is -2.44. The highest BCUT2D eigenvalue weighted by Gasteiger charge is 2.50. The second-order valence-corrected chi connectivity index (χ2v) is 10.6. The highest BCUT2D eigenvalue weighted by Crippen LogP contribution is 2.31. The molecule has 36 heavy (non-hydrogen) atoms. The van der Waals surface area contributed by atoms with E-state index in [4.69, 9.17) is 14.2 Å². The van der Waals surface area contributed by atoms with Crippen molar-refractivity contribution in [1.82, 2.24) is 4.72 Å². The number of rotatable bonds is 5. The number of sulfonamides is 1. The third kappa shape index (κ3) is 4.31. The standard InChI is InChI=1S/C27H24N2O6S/c30-27(28-22-11-5-9-18-7-3-4-10-21(18)22)35-24-16-34-25-23(15-33-26(24)25)29-36(31,32)20-13-12-17-6-1-2-8-19(17)14-20/h1-14,23-26,29H,15-16H2,(H,28,30). The Labute approximate surface area is 208 Å². The fourth-order valence-corrected chi connectivity index (χ4v) is 6.15. The van der Waals surface area contributed by atoms with E-state index in [1.807, 2.05) is 60.7 Å². The minimum absolute atomic E-state index is 0.118. The molecule has 0 aliphatic carbocycles. The summed E-state index contributed by atoms with van der Waals surface area (Å²) >= 11 is 0. The Morgan fingerprint density at radius 1 is 0.806 bits per heavy atom. The Morgan fingerprint density at radius 2 is 1.53 bits per heavy atom. The molecule has 0 spiro atoms. The Kier molecular flexibility index (Phi) is 5.85. The molecule has 0 radical (unpaired) electrons. The smallest absolute Gasteiger partial charge is 0.412 e. The second kappa shape index (κ2) is 9.18. The maximum atomic E-state index is 13.1. The average Bonchev–Trinajstić information content (AvgIpc) is 3.47. The minimum atomic E-state index is -3.81. The van der Waals surface area contributed by atoms with Crippen LogP contribution in [-0.4, -0.2) is 52.1 Å². The molecule has 2 heterocycles. The van der Waals surface area contributed by atoms with Gasteiger partial charge in [-0.05, 0) is 34.4 Å². The molecule has 184 valence electrons. The third-order valence-corrected chi connectivity index (χ3v) is 8.12. The molecule has 2 fully saturated rings. The van der Waals surface area contributed by atoms with E-state index >= 15 is 0 Å². The van der Waals surface area contributed by atoms with Crippen LogP contribution >= 0.6 is 0 Å². The van der Waals surface area contributed by atoms with Crippen LogP contribution in [0.3, 0.4) is 0 Å². The van der Waals surface area contributed by atoms with Crippen LogP contribution in [0.5, 0.6) is 0 Å². The summed E-state index contributed by atoms with van der Waals surface area (Å²) in [6.07, 6.45) is -2.40. The van der Waals surface area contributed by atoms with Gasteiger partial charge in [-0.3, -0.25) is 5.32 Å². The van der Waals surface area contributed by atoms with Crippen LogP contribution in [0.25, 0.3) is 21.5 Å². The summed E-state index contributed by atoms with van der Waals surface area (Å²) in [6.45, 7) is 0.236. The molecule has 4 unspecified atom stereocenters. The first-order valence-electron chi connectivity index (χ1n) is 11.7. The van der Waals surface area contributed by atoms with Gasteiger partial charge in [0.2, 0.25) is 10.0 Å². The van der Waals surface area contributed by atoms with Crippen molar-refractivity contribution in [3.8, 4) is 0 Å². The zero-order valence-corrected chi connectivity index (χ0v) is 20.0. The first kappa shape index (κ1) is 22.9. The molecule has 2 aliphatic rings. The van der Waals surface area contributed by atoms with E-state index in [0.29, 0.717) is 5.69 Å². The fraction of sp³-hybridized carbons (Fsp3) is 0.222. The van der Waals surface area contributed by atoms with Crippen molar-refractivity contribution >= 4 is 43.3 Å². The Morgan fingerprint density at radius 3 is 2.39 bits per heavy atom. The van der Waals surface area contributed by atoms with E-state index in [1.165, 1.54) is 0 Å². The molecule has 6 rings (SSSR count). The highest BCUT2D eigenvalue weighted by atomic mass is 32.2. The molecule has 2 N–H and O–H groups in total. The van der Waals surface area contributed by atoms with Crippen LogP contribution in [0.4, 0.5) is 10.5 Å². The number of carbonyl (C=O) groups excluding carboxylic acids is 1. The van der Waals surface area contributed by atoms with E-state index in [0.717, 1.165) is 21.5 Å². The lowest BCUT2D eigenvalue weighted by Gasteiger charge is -2.18. The van der Waals surface area contributed by atoms with Crippen molar-refractivity contribution in [2.75, 3.05) is 18.5 Å². The van der Waals surface area contributed by atoms with Gasteiger partial charge in [0, 0.05) is 5.39 Å². The lowest BCUT2D eigenvalue weighted by molar-refractivity contribution is 0.00884. The first-order valence-corrected chi connectivity index (χ1v) is 13.2. The second-order valence-electron chi connectivity index (χ2n) is 8.93. The van der Waals surface area contributed by atoms with Crippen LogP contribution in [0.15, 0.2) is 89.8 Å². The van der Waals surface area contributed by atoms with Crippen molar-refractivity contribution in [3.05, 3.63) is 84.9 Å². The minimum Gasteiger partial charge on any atom is -0.441 e. The summed E-state index contributed by atoms with van der Waals surface area (Å²) in [7, 11) is -3.81.